The molecule has 0 bridgehead atoms. The number of amides is 1. The maximum atomic E-state index is 11.8. The summed E-state index contributed by atoms with van der Waals surface area (Å²) in [6, 6.07) is 0. The molecule has 1 saturated carbocycles. The summed E-state index contributed by atoms with van der Waals surface area (Å²) in [6.45, 7) is 3.24. The number of hydrogen-bond donors (Lipinski definition) is 1. The van der Waals surface area contributed by atoms with Gasteiger partial charge in [0.1, 0.15) is 0 Å². The van der Waals surface area contributed by atoms with Gasteiger partial charge >= 0.3 is 5.97 Å². The average molecular weight is 257 g/mol. The molecule has 5 heteroatoms. The highest BCUT2D eigenvalue weighted by molar-refractivity contribution is 5.76. The molecule has 1 aliphatic rings. The van der Waals surface area contributed by atoms with E-state index in [1.807, 2.05) is 6.92 Å². The predicted molar refractivity (Wildman–Crippen MR) is 67.3 cm³/mol. The summed E-state index contributed by atoms with van der Waals surface area (Å²) in [6.07, 6.45) is 3.49. The molecule has 0 aromatic heterocycles. The van der Waals surface area contributed by atoms with E-state index in [1.54, 1.807) is 11.9 Å². The summed E-state index contributed by atoms with van der Waals surface area (Å²) in [5.74, 6) is -0.259. The van der Waals surface area contributed by atoms with Crippen LogP contribution in [-0.4, -0.2) is 48.2 Å². The van der Waals surface area contributed by atoms with E-state index in [0.29, 0.717) is 31.4 Å². The molecular formula is C13H23NO4. The normalized spacial score (nSPS) is 22.3. The largest absolute Gasteiger partial charge is 0.481 e. The van der Waals surface area contributed by atoms with Gasteiger partial charge in [-0.1, -0.05) is 0 Å². The Morgan fingerprint density at radius 2 is 2.06 bits per heavy atom. The second-order valence-corrected chi connectivity index (χ2v) is 4.93. The van der Waals surface area contributed by atoms with Crippen molar-refractivity contribution in [1.29, 1.82) is 0 Å². The molecule has 1 N–H and O–H groups in total. The minimum atomic E-state index is -0.811. The Morgan fingerprint density at radius 3 is 2.61 bits per heavy atom. The molecule has 0 heterocycles. The van der Waals surface area contributed by atoms with Gasteiger partial charge in [0.15, 0.2) is 0 Å². The van der Waals surface area contributed by atoms with E-state index in [0.717, 1.165) is 19.4 Å². The van der Waals surface area contributed by atoms with Gasteiger partial charge < -0.3 is 14.7 Å². The van der Waals surface area contributed by atoms with Crippen LogP contribution in [0.4, 0.5) is 0 Å². The maximum absolute atomic E-state index is 11.8. The number of ether oxygens (including phenoxy) is 1. The number of hydrogen-bond acceptors (Lipinski definition) is 3. The molecule has 104 valence electrons. The number of carboxylic acid groups (broad SMARTS) is 1. The number of nitrogens with zero attached hydrogens (tertiary/aromatic N) is 1. The Balaban J connectivity index is 2.11. The number of rotatable bonds is 8. The average Bonchev–Trinajstić information content (AvgIpc) is 2.25. The van der Waals surface area contributed by atoms with E-state index in [4.69, 9.17) is 9.84 Å². The highest BCUT2D eigenvalue weighted by Gasteiger charge is 2.31. The lowest BCUT2D eigenvalue weighted by atomic mass is 9.80. The van der Waals surface area contributed by atoms with Gasteiger partial charge in [-0.25, -0.2) is 0 Å². The second-order valence-electron chi connectivity index (χ2n) is 4.93. The van der Waals surface area contributed by atoms with Gasteiger partial charge in [-0.15, -0.1) is 0 Å². The predicted octanol–water partition coefficient (Wildman–Crippen LogP) is 1.51. The summed E-state index contributed by atoms with van der Waals surface area (Å²) in [4.78, 5) is 23.8. The summed E-state index contributed by atoms with van der Waals surface area (Å²) in [5.41, 5.74) is 0. The van der Waals surface area contributed by atoms with Gasteiger partial charge in [-0.05, 0) is 32.1 Å². The van der Waals surface area contributed by atoms with Gasteiger partial charge in [0, 0.05) is 33.0 Å². The number of carbonyl (C=O) groups excluding carboxylic acids is 1. The molecule has 18 heavy (non-hydrogen) atoms. The van der Waals surface area contributed by atoms with Gasteiger partial charge in [-0.3, -0.25) is 9.59 Å². The molecule has 0 atom stereocenters. The lowest BCUT2D eigenvalue weighted by molar-refractivity contribution is -0.138. The van der Waals surface area contributed by atoms with Crippen LogP contribution in [0.2, 0.25) is 0 Å². The molecule has 0 aliphatic heterocycles. The zero-order valence-corrected chi connectivity index (χ0v) is 11.2. The summed E-state index contributed by atoms with van der Waals surface area (Å²) >= 11 is 0. The minimum absolute atomic E-state index is 0.111. The van der Waals surface area contributed by atoms with Gasteiger partial charge in [-0.2, -0.15) is 0 Å². The third-order valence-electron chi connectivity index (χ3n) is 3.37. The molecule has 0 saturated heterocycles. The third-order valence-corrected chi connectivity index (χ3v) is 3.37. The molecule has 1 aliphatic carbocycles. The summed E-state index contributed by atoms with van der Waals surface area (Å²) in [5, 5.41) is 8.52. The van der Waals surface area contributed by atoms with Crippen LogP contribution in [0.15, 0.2) is 0 Å². The Bertz CT molecular complexity index is 287. The van der Waals surface area contributed by atoms with Crippen molar-refractivity contribution in [3.8, 4) is 0 Å². The third kappa shape index (κ3) is 5.04. The van der Waals surface area contributed by atoms with Gasteiger partial charge in [0.25, 0.3) is 0 Å². The van der Waals surface area contributed by atoms with E-state index in [9.17, 15) is 9.59 Å². The molecule has 1 amide bonds. The molecule has 0 unspecified atom stereocenters. The van der Waals surface area contributed by atoms with Crippen molar-refractivity contribution in [3.05, 3.63) is 0 Å². The van der Waals surface area contributed by atoms with Crippen molar-refractivity contribution in [3.63, 3.8) is 0 Å². The van der Waals surface area contributed by atoms with Gasteiger partial charge in [0.05, 0.1) is 6.10 Å². The van der Waals surface area contributed by atoms with Crippen LogP contribution in [0.5, 0.6) is 0 Å². The first-order valence-electron chi connectivity index (χ1n) is 6.60. The van der Waals surface area contributed by atoms with E-state index in [1.165, 1.54) is 0 Å². The van der Waals surface area contributed by atoms with Gasteiger partial charge in [0.2, 0.25) is 5.91 Å². The fraction of sp³-hybridized carbons (Fsp3) is 0.846. The first kappa shape index (κ1) is 15.0. The Hall–Kier alpha value is -1.10. The minimum Gasteiger partial charge on any atom is -0.481 e. The molecular weight excluding hydrogens is 234 g/mol. The Morgan fingerprint density at radius 1 is 1.39 bits per heavy atom. The highest BCUT2D eigenvalue weighted by atomic mass is 16.5. The zero-order valence-electron chi connectivity index (χ0n) is 11.2. The number of aliphatic carboxylic acids is 1. The fourth-order valence-electron chi connectivity index (χ4n) is 2.21. The van der Waals surface area contributed by atoms with E-state index < -0.39 is 5.97 Å². The smallest absolute Gasteiger partial charge is 0.303 e. The van der Waals surface area contributed by atoms with Crippen molar-refractivity contribution in [2.24, 2.45) is 5.92 Å². The molecule has 0 spiro atoms. The van der Waals surface area contributed by atoms with E-state index >= 15 is 0 Å². The first-order chi connectivity index (χ1) is 8.52. The molecule has 0 aromatic carbocycles. The van der Waals surface area contributed by atoms with Crippen LogP contribution in [0.1, 0.15) is 39.0 Å². The monoisotopic (exact) mass is 257 g/mol. The lowest BCUT2D eigenvalue weighted by Gasteiger charge is -2.35. The van der Waals surface area contributed by atoms with Crippen LogP contribution < -0.4 is 0 Å². The van der Waals surface area contributed by atoms with E-state index in [-0.39, 0.29) is 12.3 Å². The Labute approximate surface area is 108 Å². The second kappa shape index (κ2) is 7.36. The van der Waals surface area contributed by atoms with Crippen molar-refractivity contribution in [2.75, 3.05) is 20.2 Å². The molecule has 5 nitrogen and oxygen atoms in total. The van der Waals surface area contributed by atoms with Crippen molar-refractivity contribution in [1.82, 2.24) is 4.90 Å². The van der Waals surface area contributed by atoms with Crippen molar-refractivity contribution < 1.29 is 19.4 Å². The molecule has 1 rings (SSSR count). The molecule has 1 fully saturated rings. The van der Waals surface area contributed by atoms with Crippen LogP contribution in [0, 0.1) is 5.92 Å². The lowest BCUT2D eigenvalue weighted by Crippen LogP contribution is -2.36. The number of carbonyl (C=O) groups is 2. The summed E-state index contributed by atoms with van der Waals surface area (Å²) in [7, 11) is 1.74. The Kier molecular flexibility index (Phi) is 6.12. The van der Waals surface area contributed by atoms with Crippen LogP contribution >= 0.6 is 0 Å². The van der Waals surface area contributed by atoms with Crippen LogP contribution in [-0.2, 0) is 14.3 Å². The maximum Gasteiger partial charge on any atom is 0.303 e. The zero-order chi connectivity index (χ0) is 13.5. The van der Waals surface area contributed by atoms with Crippen LogP contribution in [0.3, 0.4) is 0 Å². The highest BCUT2D eigenvalue weighted by Crippen LogP contribution is 2.32. The van der Waals surface area contributed by atoms with Crippen LogP contribution in [0.25, 0.3) is 0 Å². The SMILES string of the molecule is CCOC1CC(CC(=O)N(C)CCCC(=O)O)C1. The topological polar surface area (TPSA) is 66.8 Å². The van der Waals surface area contributed by atoms with E-state index in [2.05, 4.69) is 0 Å². The fourth-order valence-corrected chi connectivity index (χ4v) is 2.21. The van der Waals surface area contributed by atoms with Crippen molar-refractivity contribution >= 4 is 11.9 Å². The summed E-state index contributed by atoms with van der Waals surface area (Å²) < 4.78 is 5.45. The number of carboxylic acids is 1. The molecule has 0 radical (unpaired) electrons. The standard InChI is InChI=1S/C13H23NO4/c1-3-18-11-7-10(8-11)9-12(15)14(2)6-4-5-13(16)17/h10-11H,3-9H2,1-2H3,(H,16,17). The first-order valence-corrected chi connectivity index (χ1v) is 6.60. The van der Waals surface area contributed by atoms with Crippen molar-refractivity contribution in [2.45, 2.75) is 45.1 Å². The molecule has 0 aromatic rings. The quantitative estimate of drug-likeness (QED) is 0.716.